The molecule has 1 aromatic rings. The lowest BCUT2D eigenvalue weighted by atomic mass is 10.4. The normalized spacial score (nSPS) is 7.10. The largest absolute Gasteiger partial charge is 0.618 e. The van der Waals surface area contributed by atoms with Crippen molar-refractivity contribution in [1.29, 1.82) is 0 Å². The first kappa shape index (κ1) is 10.9. The van der Waals surface area contributed by atoms with Gasteiger partial charge in [-0.05, 0) is 18.2 Å². The van der Waals surface area contributed by atoms with Crippen LogP contribution in [-0.2, 0) is 0 Å². The highest BCUT2D eigenvalue weighted by molar-refractivity contribution is 7.22. The molecule has 10 heavy (non-hydrogen) atoms. The van der Waals surface area contributed by atoms with Crippen LogP contribution in [0.15, 0.2) is 24.3 Å². The van der Waals surface area contributed by atoms with Gasteiger partial charge in [-0.2, -0.15) is 0 Å². The molecular weight excluding hydrogens is 203 g/mol. The molecule has 0 atom stereocenters. The van der Waals surface area contributed by atoms with E-state index in [4.69, 9.17) is 29.7 Å². The van der Waals surface area contributed by atoms with E-state index in [0.29, 0.717) is 0 Å². The summed E-state index contributed by atoms with van der Waals surface area (Å²) >= 11 is 4.88. The summed E-state index contributed by atoms with van der Waals surface area (Å²) in [6, 6.07) is 10.00. The second-order valence-electron chi connectivity index (χ2n) is 1.32. The zero-order chi connectivity index (χ0) is 7.82. The van der Waals surface area contributed by atoms with E-state index in [9.17, 15) is 0 Å². The van der Waals surface area contributed by atoms with Crippen LogP contribution in [0.2, 0.25) is 5.02 Å². The maximum Gasteiger partial charge on any atom is 0.618 e. The summed E-state index contributed by atoms with van der Waals surface area (Å²) in [5.41, 5.74) is 0. The van der Waals surface area contributed by atoms with Crippen LogP contribution in [0.5, 0.6) is 0 Å². The SMILES string of the molecule is Clc1cc[c]cc1.[Cl][Mg][Cl]. The van der Waals surface area contributed by atoms with E-state index in [-0.39, 0.29) is 0 Å². The van der Waals surface area contributed by atoms with Gasteiger partial charge in [0.25, 0.3) is 0 Å². The molecule has 0 aliphatic rings. The van der Waals surface area contributed by atoms with E-state index in [0.717, 1.165) is 5.02 Å². The predicted octanol–water partition coefficient (Wildman–Crippen LogP) is 3.14. The topological polar surface area (TPSA) is 0 Å². The van der Waals surface area contributed by atoms with Gasteiger partial charge in [-0.25, -0.2) is 0 Å². The molecule has 1 rings (SSSR count). The maximum absolute atomic E-state index is 5.52. The molecule has 0 amide bonds. The average molecular weight is 207 g/mol. The third-order valence-corrected chi connectivity index (χ3v) is 0.930. The lowest BCUT2D eigenvalue weighted by molar-refractivity contribution is 1.69. The van der Waals surface area contributed by atoms with Gasteiger partial charge in [-0.1, -0.05) is 23.7 Å². The van der Waals surface area contributed by atoms with Crippen LogP contribution in [0.4, 0.5) is 0 Å². The Morgan fingerprint density at radius 1 is 1.20 bits per heavy atom. The molecule has 0 saturated heterocycles. The van der Waals surface area contributed by atoms with Gasteiger partial charge in [-0.3, -0.25) is 0 Å². The van der Waals surface area contributed by atoms with Crippen LogP contribution in [0.25, 0.3) is 0 Å². The van der Waals surface area contributed by atoms with E-state index < -0.39 is 18.2 Å². The second-order valence-corrected chi connectivity index (χ2v) is 4.38. The van der Waals surface area contributed by atoms with Gasteiger partial charge in [0.2, 0.25) is 0 Å². The van der Waals surface area contributed by atoms with E-state index >= 15 is 0 Å². The van der Waals surface area contributed by atoms with Gasteiger partial charge in [0, 0.05) is 5.02 Å². The van der Waals surface area contributed by atoms with Gasteiger partial charge in [0.05, 0.1) is 0 Å². The molecule has 0 aliphatic carbocycles. The van der Waals surface area contributed by atoms with Gasteiger partial charge in [-0.15, -0.1) is 0 Å². The second kappa shape index (κ2) is 7.96. The third-order valence-electron chi connectivity index (χ3n) is 0.678. The fourth-order valence-corrected chi connectivity index (χ4v) is 0.493. The van der Waals surface area contributed by atoms with Crippen molar-refractivity contribution in [1.82, 2.24) is 0 Å². The summed E-state index contributed by atoms with van der Waals surface area (Å²) in [6.07, 6.45) is 0. The molecule has 0 bridgehead atoms. The lowest BCUT2D eigenvalue weighted by Gasteiger charge is -1.79. The quantitative estimate of drug-likeness (QED) is 0.573. The molecule has 0 saturated carbocycles. The Hall–Kier alpha value is 0.856. The molecule has 0 N–H and O–H groups in total. The Kier molecular flexibility index (Phi) is 8.64. The highest BCUT2D eigenvalue weighted by Crippen LogP contribution is 2.03. The molecule has 4 heteroatoms. The zero-order valence-electron chi connectivity index (χ0n) is 5.15. The molecular formula is C6H4Cl3Mg. The Morgan fingerprint density at radius 3 is 1.80 bits per heavy atom. The van der Waals surface area contributed by atoms with Crippen LogP contribution >= 0.6 is 29.7 Å². The molecule has 0 nitrogen and oxygen atoms in total. The van der Waals surface area contributed by atoms with Gasteiger partial charge in [0.15, 0.2) is 0 Å². The highest BCUT2D eigenvalue weighted by Gasteiger charge is 1.75. The van der Waals surface area contributed by atoms with Crippen LogP contribution in [-0.4, -0.2) is 18.2 Å². The summed E-state index contributed by atoms with van der Waals surface area (Å²) in [6.45, 7) is 0. The van der Waals surface area contributed by atoms with E-state index in [2.05, 4.69) is 6.07 Å². The van der Waals surface area contributed by atoms with Crippen molar-refractivity contribution in [2.24, 2.45) is 0 Å². The van der Waals surface area contributed by atoms with Crippen molar-refractivity contribution in [3.05, 3.63) is 35.4 Å². The molecule has 0 spiro atoms. The first-order valence-electron chi connectivity index (χ1n) is 2.54. The van der Waals surface area contributed by atoms with Gasteiger partial charge < -0.3 is 18.1 Å². The fourth-order valence-electron chi connectivity index (χ4n) is 0.367. The van der Waals surface area contributed by atoms with Gasteiger partial charge in [0.1, 0.15) is 0 Å². The van der Waals surface area contributed by atoms with Crippen molar-refractivity contribution in [3.63, 3.8) is 0 Å². The van der Waals surface area contributed by atoms with Crippen LogP contribution in [0.3, 0.4) is 0 Å². The molecule has 51 valence electrons. The average Bonchev–Trinajstić information content (AvgIpc) is 1.91. The fraction of sp³-hybridized carbons (Fsp3) is 0. The molecule has 1 aromatic carbocycles. The predicted molar refractivity (Wildman–Crippen MR) is 47.7 cm³/mol. The van der Waals surface area contributed by atoms with Crippen molar-refractivity contribution in [3.8, 4) is 0 Å². The summed E-state index contributed by atoms with van der Waals surface area (Å²) in [5, 5.41) is 0.763. The Morgan fingerprint density at radius 2 is 1.60 bits per heavy atom. The number of rotatable bonds is 0. The van der Waals surface area contributed by atoms with Crippen LogP contribution in [0.1, 0.15) is 0 Å². The van der Waals surface area contributed by atoms with E-state index in [1.54, 1.807) is 24.3 Å². The van der Waals surface area contributed by atoms with Crippen molar-refractivity contribution < 1.29 is 0 Å². The van der Waals surface area contributed by atoms with Gasteiger partial charge >= 0.3 is 18.2 Å². The summed E-state index contributed by atoms with van der Waals surface area (Å²) in [4.78, 5) is 0. The minimum atomic E-state index is -0.639. The van der Waals surface area contributed by atoms with Crippen molar-refractivity contribution in [2.45, 2.75) is 0 Å². The number of benzene rings is 1. The first-order chi connectivity index (χ1) is 4.81. The van der Waals surface area contributed by atoms with Crippen LogP contribution < -0.4 is 0 Å². The van der Waals surface area contributed by atoms with E-state index in [1.165, 1.54) is 0 Å². The maximum atomic E-state index is 5.52. The molecule has 0 heterocycles. The number of hydrogen-bond donors (Lipinski definition) is 0. The summed E-state index contributed by atoms with van der Waals surface area (Å²) in [7, 11) is 9.81. The Labute approximate surface area is 82.7 Å². The van der Waals surface area contributed by atoms with Crippen LogP contribution in [0, 0.1) is 6.07 Å². The Bertz CT molecular complexity index is 154. The number of halogens is 3. The lowest BCUT2D eigenvalue weighted by Crippen LogP contribution is -1.56. The molecule has 0 fully saturated rings. The standard InChI is InChI=1S/C6H4Cl.2ClH.Mg/c7-6-4-2-1-3-5-6;;;/h2-5H;2*1H;/q;;;+2/p-2. The number of hydrogen-bond acceptors (Lipinski definition) is 0. The van der Waals surface area contributed by atoms with Crippen molar-refractivity contribution >= 4 is 47.9 Å². The zero-order valence-corrected chi connectivity index (χ0v) is 8.83. The van der Waals surface area contributed by atoms with Crippen molar-refractivity contribution in [2.75, 3.05) is 0 Å². The molecule has 1 radical (unpaired) electrons. The van der Waals surface area contributed by atoms with E-state index in [1.807, 2.05) is 0 Å². The molecule has 0 aromatic heterocycles. The molecule has 0 aliphatic heterocycles. The Balaban J connectivity index is 0.000000236. The minimum Gasteiger partial charge on any atom is -0.309 e. The third kappa shape index (κ3) is 6.97. The first-order valence-corrected chi connectivity index (χ1v) is 7.20. The highest BCUT2D eigenvalue weighted by atomic mass is 35.6. The molecule has 0 unspecified atom stereocenters. The summed E-state index contributed by atoms with van der Waals surface area (Å²) in [5.74, 6) is 0. The minimum absolute atomic E-state index is 0.639. The monoisotopic (exact) mass is 205 g/mol. The smallest absolute Gasteiger partial charge is 0.309 e. The summed E-state index contributed by atoms with van der Waals surface area (Å²) < 4.78 is 0.